The summed E-state index contributed by atoms with van der Waals surface area (Å²) in [5.74, 6) is -0.613. The summed E-state index contributed by atoms with van der Waals surface area (Å²) >= 11 is 6.09. The van der Waals surface area contributed by atoms with Gasteiger partial charge in [0.25, 0.3) is 10.0 Å². The zero-order chi connectivity index (χ0) is 22.6. The van der Waals surface area contributed by atoms with Crippen molar-refractivity contribution in [1.82, 2.24) is 0 Å². The summed E-state index contributed by atoms with van der Waals surface area (Å²) in [4.78, 5) is 12.7. The second-order valence-corrected chi connectivity index (χ2v) is 8.89. The first-order chi connectivity index (χ1) is 14.7. The summed E-state index contributed by atoms with van der Waals surface area (Å²) in [6.07, 6.45) is 0. The quantitative estimate of drug-likeness (QED) is 0.555. The lowest BCUT2D eigenvalue weighted by molar-refractivity contribution is -0.114. The molecule has 3 rings (SSSR count). The van der Waals surface area contributed by atoms with Gasteiger partial charge in [-0.05, 0) is 73.2 Å². The molecule has 0 saturated carbocycles. The van der Waals surface area contributed by atoms with Gasteiger partial charge in [-0.25, -0.2) is 12.8 Å². The molecule has 0 atom stereocenters. The van der Waals surface area contributed by atoms with Crippen LogP contribution in [-0.2, 0) is 14.8 Å². The first-order valence-electron chi connectivity index (χ1n) is 9.19. The van der Waals surface area contributed by atoms with E-state index in [9.17, 15) is 17.6 Å². The molecule has 0 aliphatic rings. The second kappa shape index (κ2) is 9.36. The first kappa shape index (κ1) is 22.6. The molecule has 0 saturated heterocycles. The number of methoxy groups -OCH3 is 1. The number of amides is 1. The van der Waals surface area contributed by atoms with Crippen LogP contribution in [-0.4, -0.2) is 28.0 Å². The molecule has 0 aromatic heterocycles. The van der Waals surface area contributed by atoms with Gasteiger partial charge in [-0.1, -0.05) is 17.7 Å². The van der Waals surface area contributed by atoms with Crippen molar-refractivity contribution in [3.63, 3.8) is 0 Å². The summed E-state index contributed by atoms with van der Waals surface area (Å²) in [6.45, 7) is 1.22. The number of nitrogens with zero attached hydrogens (tertiary/aromatic N) is 1. The summed E-state index contributed by atoms with van der Waals surface area (Å²) in [7, 11) is -2.66. The van der Waals surface area contributed by atoms with Gasteiger partial charge in [0, 0.05) is 10.7 Å². The molecule has 162 valence electrons. The van der Waals surface area contributed by atoms with Gasteiger partial charge < -0.3 is 10.1 Å². The van der Waals surface area contributed by atoms with E-state index in [4.69, 9.17) is 16.3 Å². The molecule has 0 radical (unpaired) electrons. The monoisotopic (exact) mass is 462 g/mol. The van der Waals surface area contributed by atoms with Crippen LogP contribution in [0.1, 0.15) is 5.56 Å². The lowest BCUT2D eigenvalue weighted by Crippen LogP contribution is -2.38. The van der Waals surface area contributed by atoms with Crippen LogP contribution >= 0.6 is 11.6 Å². The highest BCUT2D eigenvalue weighted by Crippen LogP contribution is 2.26. The average Bonchev–Trinajstić information content (AvgIpc) is 2.76. The lowest BCUT2D eigenvalue weighted by atomic mass is 10.2. The van der Waals surface area contributed by atoms with Crippen LogP contribution in [0.3, 0.4) is 0 Å². The Kier molecular flexibility index (Phi) is 6.82. The third kappa shape index (κ3) is 5.15. The number of rotatable bonds is 7. The van der Waals surface area contributed by atoms with Crippen LogP contribution in [0, 0.1) is 12.7 Å². The average molecular weight is 463 g/mol. The molecular weight excluding hydrogens is 443 g/mol. The first-order valence-corrected chi connectivity index (χ1v) is 11.0. The number of sulfonamides is 1. The second-order valence-electron chi connectivity index (χ2n) is 6.62. The maximum Gasteiger partial charge on any atom is 0.264 e. The van der Waals surface area contributed by atoms with Gasteiger partial charge >= 0.3 is 0 Å². The third-order valence-electron chi connectivity index (χ3n) is 4.59. The number of carbonyl (C=O) groups excluding carboxylic acids is 1. The molecular formula is C22H20ClFN2O4S. The molecule has 3 aromatic rings. The van der Waals surface area contributed by atoms with Gasteiger partial charge in [0.1, 0.15) is 18.1 Å². The van der Waals surface area contributed by atoms with Crippen LogP contribution in [0.25, 0.3) is 0 Å². The molecule has 0 unspecified atom stereocenters. The standard InChI is InChI=1S/C22H20ClFN2O4S/c1-15-20(23)4-3-5-21(15)25-22(27)14-26(17-8-6-16(24)7-9-17)31(28,29)19-12-10-18(30-2)11-13-19/h3-13H,14H2,1-2H3,(H,25,27). The predicted molar refractivity (Wildman–Crippen MR) is 119 cm³/mol. The Balaban J connectivity index is 1.95. The molecule has 6 nitrogen and oxygen atoms in total. The van der Waals surface area contributed by atoms with Crippen LogP contribution in [0.4, 0.5) is 15.8 Å². The van der Waals surface area contributed by atoms with Gasteiger partial charge in [-0.3, -0.25) is 9.10 Å². The van der Waals surface area contributed by atoms with Gasteiger partial charge in [-0.2, -0.15) is 0 Å². The van der Waals surface area contributed by atoms with E-state index in [2.05, 4.69) is 5.32 Å². The molecule has 0 aliphatic carbocycles. The Morgan fingerprint density at radius 3 is 2.32 bits per heavy atom. The van der Waals surface area contributed by atoms with Crippen molar-refractivity contribution in [3.05, 3.63) is 83.1 Å². The normalized spacial score (nSPS) is 11.1. The Bertz CT molecular complexity index is 1180. The molecule has 1 amide bonds. The van der Waals surface area contributed by atoms with E-state index in [1.54, 1.807) is 25.1 Å². The fourth-order valence-electron chi connectivity index (χ4n) is 2.86. The summed E-state index contributed by atoms with van der Waals surface area (Å²) in [6, 6.07) is 15.7. The maximum absolute atomic E-state index is 13.4. The van der Waals surface area contributed by atoms with E-state index >= 15 is 0 Å². The van der Waals surface area contributed by atoms with Crippen LogP contribution in [0.2, 0.25) is 5.02 Å². The fraction of sp³-hybridized carbons (Fsp3) is 0.136. The Hall–Kier alpha value is -3.10. The zero-order valence-electron chi connectivity index (χ0n) is 16.8. The number of carbonyl (C=O) groups is 1. The van der Waals surface area contributed by atoms with Crippen molar-refractivity contribution in [1.29, 1.82) is 0 Å². The van der Waals surface area contributed by atoms with Crippen molar-refractivity contribution in [2.75, 3.05) is 23.3 Å². The van der Waals surface area contributed by atoms with Gasteiger partial charge in [0.05, 0.1) is 17.7 Å². The maximum atomic E-state index is 13.4. The summed E-state index contributed by atoms with van der Waals surface area (Å²) in [5, 5.41) is 3.15. The van der Waals surface area contributed by atoms with Crippen molar-refractivity contribution in [2.24, 2.45) is 0 Å². The van der Waals surface area contributed by atoms with Crippen molar-refractivity contribution < 1.29 is 22.3 Å². The van der Waals surface area contributed by atoms with Gasteiger partial charge in [0.2, 0.25) is 5.91 Å². The Morgan fingerprint density at radius 1 is 1.06 bits per heavy atom. The van der Waals surface area contributed by atoms with E-state index in [0.717, 1.165) is 16.4 Å². The number of hydrogen-bond acceptors (Lipinski definition) is 4. The zero-order valence-corrected chi connectivity index (χ0v) is 18.4. The SMILES string of the molecule is COc1ccc(S(=O)(=O)N(CC(=O)Nc2cccc(Cl)c2C)c2ccc(F)cc2)cc1. The highest BCUT2D eigenvalue weighted by Gasteiger charge is 2.27. The fourth-order valence-corrected chi connectivity index (χ4v) is 4.46. The highest BCUT2D eigenvalue weighted by molar-refractivity contribution is 7.92. The highest BCUT2D eigenvalue weighted by atomic mass is 35.5. The largest absolute Gasteiger partial charge is 0.497 e. The number of ether oxygens (including phenoxy) is 1. The summed E-state index contributed by atoms with van der Waals surface area (Å²) < 4.78 is 46.0. The molecule has 0 spiro atoms. The lowest BCUT2D eigenvalue weighted by Gasteiger charge is -2.24. The smallest absolute Gasteiger partial charge is 0.264 e. The topological polar surface area (TPSA) is 75.7 Å². The van der Waals surface area contributed by atoms with Crippen molar-refractivity contribution >= 4 is 38.9 Å². The molecule has 31 heavy (non-hydrogen) atoms. The van der Waals surface area contributed by atoms with Crippen molar-refractivity contribution in [2.45, 2.75) is 11.8 Å². The molecule has 0 fully saturated rings. The number of hydrogen-bond donors (Lipinski definition) is 1. The van der Waals surface area contributed by atoms with Gasteiger partial charge in [0.15, 0.2) is 0 Å². The summed E-state index contributed by atoms with van der Waals surface area (Å²) in [5.41, 5.74) is 1.28. The minimum absolute atomic E-state index is 0.0376. The van der Waals surface area contributed by atoms with Crippen LogP contribution < -0.4 is 14.4 Å². The Labute approximate surface area is 185 Å². The molecule has 0 heterocycles. The van der Waals surface area contributed by atoms with Gasteiger partial charge in [-0.15, -0.1) is 0 Å². The Morgan fingerprint density at radius 2 is 1.71 bits per heavy atom. The predicted octanol–water partition coefficient (Wildman–Crippen LogP) is 4.63. The van der Waals surface area contributed by atoms with E-state index < -0.39 is 28.3 Å². The number of anilines is 2. The van der Waals surface area contributed by atoms with E-state index in [1.165, 1.54) is 43.5 Å². The van der Waals surface area contributed by atoms with E-state index in [-0.39, 0.29) is 10.6 Å². The third-order valence-corrected chi connectivity index (χ3v) is 6.79. The van der Waals surface area contributed by atoms with Crippen molar-refractivity contribution in [3.8, 4) is 5.75 Å². The molecule has 1 N–H and O–H groups in total. The minimum Gasteiger partial charge on any atom is -0.497 e. The number of halogens is 2. The number of benzene rings is 3. The molecule has 9 heteroatoms. The molecule has 0 aliphatic heterocycles. The molecule has 0 bridgehead atoms. The minimum atomic E-state index is -4.13. The van der Waals surface area contributed by atoms with Crippen LogP contribution in [0.15, 0.2) is 71.6 Å². The number of nitrogens with one attached hydrogen (secondary N) is 1. The van der Waals surface area contributed by atoms with E-state index in [1.807, 2.05) is 0 Å². The van der Waals surface area contributed by atoms with E-state index in [0.29, 0.717) is 22.0 Å². The van der Waals surface area contributed by atoms with Crippen LogP contribution in [0.5, 0.6) is 5.75 Å². The molecule has 3 aromatic carbocycles.